The van der Waals surface area contributed by atoms with Crippen LogP contribution in [0.3, 0.4) is 0 Å². The number of carbonyl (C=O) groups is 1. The molecule has 4 N–H and O–H groups in total. The molecule has 0 spiro atoms. The van der Waals surface area contributed by atoms with Crippen LogP contribution in [0.25, 0.3) is 0 Å². The van der Waals surface area contributed by atoms with Crippen molar-refractivity contribution in [2.75, 3.05) is 10.7 Å². The van der Waals surface area contributed by atoms with Crippen molar-refractivity contribution < 1.29 is 9.18 Å². The van der Waals surface area contributed by atoms with Gasteiger partial charge in [-0.25, -0.2) is 10.2 Å². The van der Waals surface area contributed by atoms with Crippen molar-refractivity contribution in [3.05, 3.63) is 47.4 Å². The van der Waals surface area contributed by atoms with Crippen LogP contribution in [-0.2, 0) is 0 Å². The highest BCUT2D eigenvalue weighted by molar-refractivity contribution is 6.02. The number of nitrogens with zero attached hydrogens (tertiary/aromatic N) is 2. The zero-order valence-electron chi connectivity index (χ0n) is 10.1. The van der Waals surface area contributed by atoms with Crippen molar-refractivity contribution in [2.24, 2.45) is 5.84 Å². The van der Waals surface area contributed by atoms with E-state index in [0.29, 0.717) is 5.82 Å². The first-order chi connectivity index (χ1) is 9.10. The quantitative estimate of drug-likeness (QED) is 0.574. The molecule has 2 rings (SSSR count). The van der Waals surface area contributed by atoms with Gasteiger partial charge in [0.05, 0.1) is 5.69 Å². The van der Waals surface area contributed by atoms with Gasteiger partial charge in [-0.05, 0) is 36.8 Å². The molecule has 1 heterocycles. The second kappa shape index (κ2) is 5.40. The number of aromatic nitrogens is 2. The molecule has 2 aromatic rings. The highest BCUT2D eigenvalue weighted by atomic mass is 19.1. The summed E-state index contributed by atoms with van der Waals surface area (Å²) < 4.78 is 13.6. The molecule has 7 heteroatoms. The maximum Gasteiger partial charge on any atom is 0.276 e. The predicted octanol–water partition coefficient (Wildman–Crippen LogP) is 1.46. The fourth-order valence-corrected chi connectivity index (χ4v) is 1.44. The molecule has 0 aliphatic rings. The molecular formula is C12H12FN5O. The highest BCUT2D eigenvalue weighted by Gasteiger charge is 2.11. The van der Waals surface area contributed by atoms with Gasteiger partial charge in [-0.2, -0.15) is 0 Å². The fraction of sp³-hybridized carbons (Fsp3) is 0.0833. The minimum Gasteiger partial charge on any atom is -0.318 e. The van der Waals surface area contributed by atoms with Crippen LogP contribution in [0.15, 0.2) is 30.3 Å². The number of nitrogens with two attached hydrogens (primary N) is 1. The highest BCUT2D eigenvalue weighted by Crippen LogP contribution is 2.16. The van der Waals surface area contributed by atoms with Gasteiger partial charge < -0.3 is 10.7 Å². The van der Waals surface area contributed by atoms with Crippen LogP contribution in [0, 0.1) is 12.7 Å². The van der Waals surface area contributed by atoms with Crippen molar-refractivity contribution >= 4 is 17.4 Å². The number of rotatable bonds is 3. The molecule has 0 unspecified atom stereocenters. The van der Waals surface area contributed by atoms with E-state index < -0.39 is 11.7 Å². The summed E-state index contributed by atoms with van der Waals surface area (Å²) in [4.78, 5) is 11.8. The first-order valence-corrected chi connectivity index (χ1v) is 5.48. The smallest absolute Gasteiger partial charge is 0.276 e. The van der Waals surface area contributed by atoms with Gasteiger partial charge in [0.1, 0.15) is 5.82 Å². The zero-order chi connectivity index (χ0) is 13.8. The van der Waals surface area contributed by atoms with Crippen LogP contribution < -0.4 is 16.6 Å². The number of aryl methyl sites for hydroxylation is 1. The summed E-state index contributed by atoms with van der Waals surface area (Å²) in [6, 6.07) is 7.46. The molecule has 0 saturated heterocycles. The van der Waals surface area contributed by atoms with Crippen LogP contribution in [-0.4, -0.2) is 16.1 Å². The Balaban J connectivity index is 2.15. The van der Waals surface area contributed by atoms with Crippen molar-refractivity contribution in [1.82, 2.24) is 10.2 Å². The lowest BCUT2D eigenvalue weighted by Crippen LogP contribution is -2.16. The summed E-state index contributed by atoms with van der Waals surface area (Å²) in [5.41, 5.74) is 3.23. The van der Waals surface area contributed by atoms with E-state index in [4.69, 9.17) is 5.84 Å². The van der Waals surface area contributed by atoms with Gasteiger partial charge in [0.15, 0.2) is 11.5 Å². The van der Waals surface area contributed by atoms with E-state index in [-0.39, 0.29) is 11.4 Å². The SMILES string of the molecule is Cc1ccc(NC(=O)c2ccc(NN)nn2)c(F)c1. The molecule has 0 atom stereocenters. The zero-order valence-corrected chi connectivity index (χ0v) is 10.1. The number of benzene rings is 1. The first-order valence-electron chi connectivity index (χ1n) is 5.48. The van der Waals surface area contributed by atoms with Crippen LogP contribution in [0.4, 0.5) is 15.9 Å². The standard InChI is InChI=1S/C12H12FN5O/c1-7-2-3-9(8(13)6-7)15-12(19)10-4-5-11(16-14)18-17-10/h2-6H,14H2,1H3,(H,15,19)(H,16,18). The summed E-state index contributed by atoms with van der Waals surface area (Å²) >= 11 is 0. The second-order valence-corrected chi connectivity index (χ2v) is 3.89. The lowest BCUT2D eigenvalue weighted by atomic mass is 10.2. The van der Waals surface area contributed by atoms with Crippen molar-refractivity contribution in [1.29, 1.82) is 0 Å². The van der Waals surface area contributed by atoms with Crippen LogP contribution in [0.1, 0.15) is 16.1 Å². The number of nitrogens with one attached hydrogen (secondary N) is 2. The number of nitrogen functional groups attached to an aromatic ring is 1. The third-order valence-corrected chi connectivity index (χ3v) is 2.42. The van der Waals surface area contributed by atoms with Crippen molar-refractivity contribution in [3.8, 4) is 0 Å². The number of carbonyl (C=O) groups excluding carboxylic acids is 1. The molecule has 0 fully saturated rings. The molecule has 0 radical (unpaired) electrons. The van der Waals surface area contributed by atoms with Crippen molar-refractivity contribution in [2.45, 2.75) is 6.92 Å². The Morgan fingerprint density at radius 1 is 1.26 bits per heavy atom. The summed E-state index contributed by atoms with van der Waals surface area (Å²) in [7, 11) is 0. The van der Waals surface area contributed by atoms with Crippen LogP contribution >= 0.6 is 0 Å². The molecule has 0 aliphatic carbocycles. The summed E-state index contributed by atoms with van der Waals surface area (Å²) in [6.07, 6.45) is 0. The number of hydrazine groups is 1. The Bertz CT molecular complexity index is 600. The largest absolute Gasteiger partial charge is 0.318 e. The lowest BCUT2D eigenvalue weighted by molar-refractivity contribution is 0.102. The van der Waals surface area contributed by atoms with E-state index in [9.17, 15) is 9.18 Å². The Morgan fingerprint density at radius 3 is 2.63 bits per heavy atom. The molecule has 1 amide bonds. The fourth-order valence-electron chi connectivity index (χ4n) is 1.44. The van der Waals surface area contributed by atoms with Gasteiger partial charge in [0.25, 0.3) is 5.91 Å². The summed E-state index contributed by atoms with van der Waals surface area (Å²) in [5, 5.41) is 9.74. The van der Waals surface area contributed by atoms with Crippen LogP contribution in [0.2, 0.25) is 0 Å². The van der Waals surface area contributed by atoms with Gasteiger partial charge in [0, 0.05) is 0 Å². The Kier molecular flexibility index (Phi) is 3.67. The van der Waals surface area contributed by atoms with E-state index in [1.165, 1.54) is 24.3 Å². The number of anilines is 2. The third kappa shape index (κ3) is 3.02. The van der Waals surface area contributed by atoms with Gasteiger partial charge in [-0.3, -0.25) is 4.79 Å². The summed E-state index contributed by atoms with van der Waals surface area (Å²) in [6.45, 7) is 1.76. The van der Waals surface area contributed by atoms with E-state index in [1.54, 1.807) is 13.0 Å². The number of halogens is 1. The van der Waals surface area contributed by atoms with Gasteiger partial charge >= 0.3 is 0 Å². The summed E-state index contributed by atoms with van der Waals surface area (Å²) in [5.74, 6) is 4.42. The average molecular weight is 261 g/mol. The van der Waals surface area contributed by atoms with Gasteiger partial charge in [-0.15, -0.1) is 10.2 Å². The number of hydrogen-bond acceptors (Lipinski definition) is 5. The molecule has 1 aromatic carbocycles. The average Bonchev–Trinajstić information content (AvgIpc) is 2.42. The molecular weight excluding hydrogens is 249 g/mol. The number of hydrogen-bond donors (Lipinski definition) is 3. The molecule has 98 valence electrons. The Hall–Kier alpha value is -2.54. The topological polar surface area (TPSA) is 92.9 Å². The maximum atomic E-state index is 13.6. The molecule has 0 bridgehead atoms. The molecule has 0 saturated carbocycles. The minimum absolute atomic E-state index is 0.0685. The van der Waals surface area contributed by atoms with Crippen molar-refractivity contribution in [3.63, 3.8) is 0 Å². The molecule has 1 aromatic heterocycles. The minimum atomic E-state index is -0.543. The lowest BCUT2D eigenvalue weighted by Gasteiger charge is -2.06. The third-order valence-electron chi connectivity index (χ3n) is 2.42. The van der Waals surface area contributed by atoms with Crippen LogP contribution in [0.5, 0.6) is 0 Å². The first kappa shape index (κ1) is 12.9. The second-order valence-electron chi connectivity index (χ2n) is 3.89. The van der Waals surface area contributed by atoms with E-state index >= 15 is 0 Å². The van der Waals surface area contributed by atoms with E-state index in [1.807, 2.05) is 0 Å². The molecule has 19 heavy (non-hydrogen) atoms. The monoisotopic (exact) mass is 261 g/mol. The van der Waals surface area contributed by atoms with Gasteiger partial charge in [0.2, 0.25) is 0 Å². The molecule has 6 nitrogen and oxygen atoms in total. The molecule has 0 aliphatic heterocycles. The maximum absolute atomic E-state index is 13.6. The van der Waals surface area contributed by atoms with E-state index in [0.717, 1.165) is 5.56 Å². The Labute approximate surface area is 108 Å². The normalized spacial score (nSPS) is 10.1. The number of amides is 1. The Morgan fingerprint density at radius 2 is 2.05 bits per heavy atom. The van der Waals surface area contributed by atoms with E-state index in [2.05, 4.69) is 20.9 Å². The van der Waals surface area contributed by atoms with Gasteiger partial charge in [-0.1, -0.05) is 6.07 Å². The predicted molar refractivity (Wildman–Crippen MR) is 68.9 cm³/mol.